The van der Waals surface area contributed by atoms with Crippen molar-refractivity contribution in [2.75, 3.05) is 0 Å². The molecule has 0 saturated carbocycles. The number of pyridine rings is 1. The van der Waals surface area contributed by atoms with Crippen LogP contribution in [0.3, 0.4) is 0 Å². The molecule has 4 rings (SSSR count). The summed E-state index contributed by atoms with van der Waals surface area (Å²) in [6, 6.07) is 15.7. The molecular weight excluding hydrogens is 358 g/mol. The van der Waals surface area contributed by atoms with Gasteiger partial charge in [0.1, 0.15) is 5.75 Å². The van der Waals surface area contributed by atoms with Crippen LogP contribution in [0.4, 0.5) is 0 Å². The molecule has 0 radical (unpaired) electrons. The Morgan fingerprint density at radius 1 is 1.04 bits per heavy atom. The Morgan fingerprint density at radius 2 is 1.75 bits per heavy atom. The number of benzene rings is 2. The zero-order chi connectivity index (χ0) is 24.4. The van der Waals surface area contributed by atoms with E-state index in [0.29, 0.717) is 5.69 Å². The van der Waals surface area contributed by atoms with Crippen molar-refractivity contribution in [2.45, 2.75) is 47.1 Å². The lowest BCUT2D eigenvalue weighted by atomic mass is 9.86. The molecule has 3 heteroatoms. The Morgan fingerprint density at radius 3 is 2.50 bits per heavy atom. The Hall–Kier alpha value is -2.39. The predicted octanol–water partition coefficient (Wildman–Crippen LogP) is 6.12. The van der Waals surface area contributed by atoms with E-state index in [9.17, 15) is 0 Å². The van der Waals surface area contributed by atoms with E-state index < -0.39 is 27.0 Å². The molecule has 144 valence electrons. The molecule has 0 aliphatic carbocycles. The van der Waals surface area contributed by atoms with Crippen molar-refractivity contribution in [1.82, 2.24) is 4.98 Å². The van der Waals surface area contributed by atoms with Crippen LogP contribution in [0.25, 0.3) is 22.4 Å². The minimum absolute atomic E-state index is 0.0584. The van der Waals surface area contributed by atoms with Crippen LogP contribution < -0.4 is 9.61 Å². The van der Waals surface area contributed by atoms with Gasteiger partial charge in [-0.3, -0.25) is 4.98 Å². The maximum absolute atomic E-state index is 8.81. The van der Waals surface area contributed by atoms with E-state index in [1.54, 1.807) is 26.8 Å². The molecule has 1 aliphatic heterocycles. The summed E-state index contributed by atoms with van der Waals surface area (Å²) in [4.78, 5) is 4.49. The average molecular weight is 393 g/mol. The van der Waals surface area contributed by atoms with Crippen LogP contribution in [-0.4, -0.2) is 13.3 Å². The van der Waals surface area contributed by atoms with Crippen LogP contribution in [-0.2, 0) is 6.37 Å². The highest BCUT2D eigenvalue weighted by Gasteiger charge is 2.36. The summed E-state index contributed by atoms with van der Waals surface area (Å²) in [5.74, 6) is 0.726. The van der Waals surface area contributed by atoms with Crippen LogP contribution in [0.2, 0.25) is 13.1 Å². The number of aromatic nitrogens is 1. The fraction of sp³-hybridized carbons (Fsp3) is 0.320. The van der Waals surface area contributed by atoms with Gasteiger partial charge in [0.05, 0.1) is 5.69 Å². The molecule has 0 amide bonds. The van der Waals surface area contributed by atoms with E-state index >= 15 is 0 Å². The maximum Gasteiger partial charge on any atom is 0.277 e. The minimum atomic E-state index is -2.47. The molecule has 2 aromatic carbocycles. The SMILES string of the molecule is [2H]C([2H])([2H])c1cnc(-c2cccc3c2O[Si](C)(C)c2ccccc2-3)cc1C([2H])([2H])C(C)(C)C. The van der Waals surface area contributed by atoms with Gasteiger partial charge in [-0.05, 0) is 65.7 Å². The molecule has 0 fully saturated rings. The topological polar surface area (TPSA) is 22.1 Å². The minimum Gasteiger partial charge on any atom is -0.539 e. The quantitative estimate of drug-likeness (QED) is 0.490. The van der Waals surface area contributed by atoms with Gasteiger partial charge >= 0.3 is 0 Å². The lowest BCUT2D eigenvalue weighted by molar-refractivity contribution is 0.410. The summed E-state index contributed by atoms with van der Waals surface area (Å²) in [6.45, 7) is 7.15. The summed E-state index contributed by atoms with van der Waals surface area (Å²) in [7, 11) is -2.24. The van der Waals surface area contributed by atoms with Crippen molar-refractivity contribution in [3.63, 3.8) is 0 Å². The molecular formula is C25H29NOSi. The van der Waals surface area contributed by atoms with Gasteiger partial charge in [-0.2, -0.15) is 0 Å². The summed E-state index contributed by atoms with van der Waals surface area (Å²) >= 11 is 0. The monoisotopic (exact) mass is 392 g/mol. The van der Waals surface area contributed by atoms with E-state index in [2.05, 4.69) is 30.2 Å². The van der Waals surface area contributed by atoms with E-state index in [4.69, 9.17) is 11.3 Å². The van der Waals surface area contributed by atoms with Crippen molar-refractivity contribution in [3.05, 3.63) is 65.9 Å². The number of rotatable bonds is 2. The second kappa shape index (κ2) is 6.59. The normalized spacial score (nSPS) is 18.4. The largest absolute Gasteiger partial charge is 0.539 e. The number of fused-ring (bicyclic) bond motifs is 3. The molecule has 1 aromatic heterocycles. The molecule has 0 bridgehead atoms. The number of hydrogen-bond donors (Lipinski definition) is 0. The van der Waals surface area contributed by atoms with Crippen LogP contribution in [0, 0.1) is 12.3 Å². The lowest BCUT2D eigenvalue weighted by Gasteiger charge is -2.34. The van der Waals surface area contributed by atoms with Gasteiger partial charge in [0.15, 0.2) is 0 Å². The standard InChI is InChI=1S/C25H29NOSi/c1-17-16-26-22(14-18(17)15-25(2,3)4)21-12-9-11-20-19-10-7-8-13-23(19)28(5,6)27-24(20)21/h7-14,16H,15H2,1-6H3/i1D3,15D2. The lowest BCUT2D eigenvalue weighted by Crippen LogP contribution is -2.50. The highest BCUT2D eigenvalue weighted by atomic mass is 28.4. The van der Waals surface area contributed by atoms with Gasteiger partial charge in [-0.15, -0.1) is 0 Å². The molecule has 2 nitrogen and oxygen atoms in total. The number of para-hydroxylation sites is 1. The van der Waals surface area contributed by atoms with Gasteiger partial charge in [-0.1, -0.05) is 57.2 Å². The molecule has 0 atom stereocenters. The third-order valence-electron chi connectivity index (χ3n) is 4.93. The van der Waals surface area contributed by atoms with Gasteiger partial charge in [0.2, 0.25) is 0 Å². The second-order valence-electron chi connectivity index (χ2n) is 8.83. The molecule has 0 saturated heterocycles. The first kappa shape index (κ1) is 13.7. The number of nitrogens with zero attached hydrogens (tertiary/aromatic N) is 1. The van der Waals surface area contributed by atoms with E-state index in [1.165, 1.54) is 11.4 Å². The van der Waals surface area contributed by atoms with Gasteiger partial charge in [0.25, 0.3) is 8.32 Å². The average Bonchev–Trinajstić information content (AvgIpc) is 2.71. The van der Waals surface area contributed by atoms with Crippen molar-refractivity contribution in [1.29, 1.82) is 0 Å². The van der Waals surface area contributed by atoms with Gasteiger partial charge in [0, 0.05) is 24.2 Å². The number of hydrogen-bond acceptors (Lipinski definition) is 2. The van der Waals surface area contributed by atoms with E-state index in [-0.39, 0.29) is 11.1 Å². The van der Waals surface area contributed by atoms with Crippen molar-refractivity contribution >= 4 is 13.5 Å². The zero-order valence-electron chi connectivity index (χ0n) is 22.1. The van der Waals surface area contributed by atoms with Crippen molar-refractivity contribution in [2.24, 2.45) is 5.41 Å². The van der Waals surface area contributed by atoms with Crippen LogP contribution in [0.5, 0.6) is 5.75 Å². The fourth-order valence-corrected chi connectivity index (χ4v) is 5.93. The van der Waals surface area contributed by atoms with Crippen molar-refractivity contribution in [3.8, 4) is 28.1 Å². The Labute approximate surface area is 176 Å². The Bertz CT molecular complexity index is 1230. The highest BCUT2D eigenvalue weighted by molar-refractivity contribution is 6.86. The third-order valence-corrected chi connectivity index (χ3v) is 7.38. The van der Waals surface area contributed by atoms with Gasteiger partial charge < -0.3 is 4.43 Å². The van der Waals surface area contributed by atoms with Crippen LogP contribution in [0.15, 0.2) is 54.7 Å². The van der Waals surface area contributed by atoms with Crippen LogP contribution >= 0.6 is 0 Å². The first-order chi connectivity index (χ1) is 15.1. The third kappa shape index (κ3) is 3.40. The molecule has 0 N–H and O–H groups in total. The maximum atomic E-state index is 8.81. The predicted molar refractivity (Wildman–Crippen MR) is 121 cm³/mol. The van der Waals surface area contributed by atoms with Crippen molar-refractivity contribution < 1.29 is 11.3 Å². The molecule has 1 aliphatic rings. The summed E-state index contributed by atoms with van der Waals surface area (Å²) < 4.78 is 48.1. The van der Waals surface area contributed by atoms with E-state index in [0.717, 1.165) is 22.4 Å². The highest BCUT2D eigenvalue weighted by Crippen LogP contribution is 2.43. The summed E-state index contributed by atoms with van der Waals surface area (Å²) in [5.41, 5.74) is 2.63. The Balaban J connectivity index is 1.98. The smallest absolute Gasteiger partial charge is 0.277 e. The Kier molecular flexibility index (Phi) is 3.23. The first-order valence-corrected chi connectivity index (χ1v) is 12.5. The molecule has 3 aromatic rings. The number of aryl methyl sites for hydroxylation is 1. The van der Waals surface area contributed by atoms with E-state index in [1.807, 2.05) is 30.3 Å². The summed E-state index contributed by atoms with van der Waals surface area (Å²) in [5, 5.41) is 1.23. The molecule has 0 unspecified atom stereocenters. The summed E-state index contributed by atoms with van der Waals surface area (Å²) in [6.07, 6.45) is -0.579. The molecule has 28 heavy (non-hydrogen) atoms. The van der Waals surface area contributed by atoms with Crippen LogP contribution in [0.1, 0.15) is 38.8 Å². The fourth-order valence-electron chi connectivity index (χ4n) is 3.72. The van der Waals surface area contributed by atoms with Gasteiger partial charge in [-0.25, -0.2) is 0 Å². The zero-order valence-corrected chi connectivity index (χ0v) is 18.1. The first-order valence-electron chi connectivity index (χ1n) is 12.1. The molecule has 0 spiro atoms. The molecule has 2 heterocycles. The second-order valence-corrected chi connectivity index (χ2v) is 12.6.